The molecule has 34 heavy (non-hydrogen) atoms. The Bertz CT molecular complexity index is 1290. The molecule has 1 saturated carbocycles. The molecule has 4 rings (SSSR count). The van der Waals surface area contributed by atoms with Crippen LogP contribution in [0.25, 0.3) is 10.2 Å². The fraction of sp³-hybridized carbons (Fsp3) is 0.368. The number of thiophene rings is 1. The second kappa shape index (κ2) is 9.06. The Hall–Kier alpha value is -2.87. The van der Waals surface area contributed by atoms with Crippen LogP contribution in [0.2, 0.25) is 5.02 Å². The number of nitrogens with two attached hydrogens (primary N) is 1. The lowest BCUT2D eigenvalue weighted by molar-refractivity contribution is -0.117. The van der Waals surface area contributed by atoms with Crippen LogP contribution in [0.5, 0.6) is 0 Å². The van der Waals surface area contributed by atoms with E-state index >= 15 is 0 Å². The maximum Gasteiger partial charge on any atom is 0.283 e. The lowest BCUT2D eigenvalue weighted by Gasteiger charge is -2.11. The van der Waals surface area contributed by atoms with Crippen LogP contribution >= 0.6 is 22.9 Å². The number of hydrogen-bond donors (Lipinski definition) is 2. The molecule has 1 fully saturated rings. The Labute approximate surface area is 195 Å². The summed E-state index contributed by atoms with van der Waals surface area (Å²) in [6.45, 7) is -0.942. The number of alkyl halides is 6. The van der Waals surface area contributed by atoms with Gasteiger partial charge in [-0.2, -0.15) is 5.10 Å². The zero-order valence-electron chi connectivity index (χ0n) is 16.8. The van der Waals surface area contributed by atoms with Gasteiger partial charge in [0.15, 0.2) is 0 Å². The number of rotatable bonds is 8. The van der Waals surface area contributed by atoms with E-state index < -0.39 is 59.7 Å². The molecule has 15 heteroatoms. The fourth-order valence-electron chi connectivity index (χ4n) is 3.52. The minimum absolute atomic E-state index is 0.0409. The topological polar surface area (TPSA) is 103 Å². The first-order chi connectivity index (χ1) is 16.0. The molecule has 0 aromatic carbocycles. The Balaban J connectivity index is 1.75. The summed E-state index contributed by atoms with van der Waals surface area (Å²) in [4.78, 5) is 28.4. The van der Waals surface area contributed by atoms with Crippen LogP contribution in [0.1, 0.15) is 70.4 Å². The molecule has 1 aliphatic carbocycles. The Morgan fingerprint density at radius 1 is 1.18 bits per heavy atom. The molecule has 0 unspecified atom stereocenters. The summed E-state index contributed by atoms with van der Waals surface area (Å²) in [5.74, 6) is -2.09. The molecular formula is C19H14ClF6N5O2S. The van der Waals surface area contributed by atoms with Crippen molar-refractivity contribution in [1.29, 1.82) is 0 Å². The predicted molar refractivity (Wildman–Crippen MR) is 111 cm³/mol. The summed E-state index contributed by atoms with van der Waals surface area (Å²) >= 11 is 6.28. The molecule has 0 saturated heterocycles. The third kappa shape index (κ3) is 4.43. The van der Waals surface area contributed by atoms with Crippen LogP contribution in [-0.2, 0) is 11.3 Å². The molecule has 3 aromatic rings. The first kappa shape index (κ1) is 24.3. The Morgan fingerprint density at radius 3 is 2.38 bits per heavy atom. The third-order valence-electron chi connectivity index (χ3n) is 5.10. The zero-order valence-corrected chi connectivity index (χ0v) is 18.4. The first-order valence-electron chi connectivity index (χ1n) is 9.67. The summed E-state index contributed by atoms with van der Waals surface area (Å²) in [5.41, 5.74) is 3.04. The van der Waals surface area contributed by atoms with Crippen LogP contribution in [0.3, 0.4) is 0 Å². The molecule has 0 aliphatic heterocycles. The number of carbonyl (C=O) groups is 2. The molecular weight excluding hydrogens is 512 g/mol. The van der Waals surface area contributed by atoms with Crippen molar-refractivity contribution >= 4 is 50.7 Å². The second-order valence-electron chi connectivity index (χ2n) is 7.45. The van der Waals surface area contributed by atoms with E-state index in [2.05, 4.69) is 15.4 Å². The van der Waals surface area contributed by atoms with Gasteiger partial charge in [-0.15, -0.1) is 11.3 Å². The van der Waals surface area contributed by atoms with E-state index in [0.29, 0.717) is 34.4 Å². The van der Waals surface area contributed by atoms with Crippen molar-refractivity contribution in [2.45, 2.75) is 44.6 Å². The van der Waals surface area contributed by atoms with E-state index in [1.165, 1.54) is 6.07 Å². The van der Waals surface area contributed by atoms with Gasteiger partial charge >= 0.3 is 0 Å². The van der Waals surface area contributed by atoms with E-state index in [4.69, 9.17) is 17.3 Å². The first-order valence-corrected chi connectivity index (χ1v) is 10.9. The number of carbonyl (C=O) groups excluding carboxylic acids is 2. The van der Waals surface area contributed by atoms with Crippen LogP contribution in [0, 0.1) is 0 Å². The van der Waals surface area contributed by atoms with Crippen LogP contribution in [-0.4, -0.2) is 26.6 Å². The highest BCUT2D eigenvalue weighted by Crippen LogP contribution is 2.48. The maximum atomic E-state index is 13.4. The van der Waals surface area contributed by atoms with Gasteiger partial charge in [0, 0.05) is 5.39 Å². The highest BCUT2D eigenvalue weighted by atomic mass is 35.5. The van der Waals surface area contributed by atoms with Crippen molar-refractivity contribution in [2.24, 2.45) is 5.73 Å². The molecule has 7 nitrogen and oxygen atoms in total. The van der Waals surface area contributed by atoms with Crippen LogP contribution in [0.4, 0.5) is 32.0 Å². The average molecular weight is 526 g/mol. The van der Waals surface area contributed by atoms with E-state index in [1.807, 2.05) is 0 Å². The normalized spacial score (nSPS) is 14.1. The smallest absolute Gasteiger partial charge is 0.283 e. The summed E-state index contributed by atoms with van der Waals surface area (Å²) < 4.78 is 79.8. The molecule has 0 spiro atoms. The van der Waals surface area contributed by atoms with E-state index in [9.17, 15) is 35.9 Å². The molecule has 0 bridgehead atoms. The molecule has 3 N–H and O–H groups in total. The van der Waals surface area contributed by atoms with Gasteiger partial charge < -0.3 is 11.1 Å². The lowest BCUT2D eigenvalue weighted by atomic mass is 10.0. The van der Waals surface area contributed by atoms with Crippen molar-refractivity contribution in [2.75, 3.05) is 5.32 Å². The number of hydrogen-bond acceptors (Lipinski definition) is 5. The summed E-state index contributed by atoms with van der Waals surface area (Å²) in [5, 5.41) is 4.96. The molecule has 3 heterocycles. The van der Waals surface area contributed by atoms with Crippen LogP contribution in [0.15, 0.2) is 6.07 Å². The third-order valence-corrected chi connectivity index (χ3v) is 6.59. The van der Waals surface area contributed by atoms with Crippen LogP contribution < -0.4 is 11.1 Å². The van der Waals surface area contributed by atoms with Crippen molar-refractivity contribution in [3.05, 3.63) is 38.6 Å². The van der Waals surface area contributed by atoms with Gasteiger partial charge in [0.2, 0.25) is 5.91 Å². The van der Waals surface area contributed by atoms with Crippen molar-refractivity contribution in [3.8, 4) is 0 Å². The number of anilines is 1. The summed E-state index contributed by atoms with van der Waals surface area (Å²) in [6.07, 6.45) is -8.05. The van der Waals surface area contributed by atoms with Gasteiger partial charge in [0.1, 0.15) is 33.3 Å². The summed E-state index contributed by atoms with van der Waals surface area (Å²) in [7, 11) is 0. The summed E-state index contributed by atoms with van der Waals surface area (Å²) in [6, 6.07) is 1.19. The molecule has 182 valence electrons. The van der Waals surface area contributed by atoms with Crippen molar-refractivity contribution in [3.63, 3.8) is 0 Å². The standard InChI is InChI=1S/C19H14ClF6N5O2S/c20-10-12(16(23)24)30-31(13(10)17(25)26)4-8(32)29-11-9-6(5-1-2-5)3-7(15(21)22)28-19(9)34-14(11)18(27)33/h3,5,15-17H,1-2,4H2,(H2,27,33)(H,29,32). The Morgan fingerprint density at radius 2 is 1.85 bits per heavy atom. The van der Waals surface area contributed by atoms with Gasteiger partial charge in [-0.05, 0) is 30.4 Å². The zero-order chi connectivity index (χ0) is 24.9. The van der Waals surface area contributed by atoms with E-state index in [-0.39, 0.29) is 26.7 Å². The van der Waals surface area contributed by atoms with E-state index in [0.717, 1.165) is 0 Å². The highest BCUT2D eigenvalue weighted by Gasteiger charge is 2.33. The molecule has 3 aromatic heterocycles. The molecule has 0 atom stereocenters. The maximum absolute atomic E-state index is 13.4. The number of pyridine rings is 1. The minimum atomic E-state index is -3.30. The minimum Gasteiger partial charge on any atom is -0.365 e. The van der Waals surface area contributed by atoms with E-state index in [1.54, 1.807) is 0 Å². The quantitative estimate of drug-likeness (QED) is 0.375. The largest absolute Gasteiger partial charge is 0.365 e. The monoisotopic (exact) mass is 525 g/mol. The number of amides is 2. The highest BCUT2D eigenvalue weighted by molar-refractivity contribution is 7.21. The van der Waals surface area contributed by atoms with Gasteiger partial charge in [-0.25, -0.2) is 31.3 Å². The van der Waals surface area contributed by atoms with Gasteiger partial charge in [-0.1, -0.05) is 11.6 Å². The van der Waals surface area contributed by atoms with Crippen molar-refractivity contribution in [1.82, 2.24) is 14.8 Å². The van der Waals surface area contributed by atoms with Gasteiger partial charge in [0.25, 0.3) is 25.2 Å². The second-order valence-corrected chi connectivity index (χ2v) is 8.83. The number of nitrogens with one attached hydrogen (secondary N) is 1. The van der Waals surface area contributed by atoms with Gasteiger partial charge in [-0.3, -0.25) is 14.3 Å². The predicted octanol–water partition coefficient (Wildman–Crippen LogP) is 5.57. The SMILES string of the molecule is NC(=O)c1sc2nc(C(F)F)cc(C3CC3)c2c1NC(=O)Cn1nc(C(F)F)c(Cl)c1C(F)F. The Kier molecular flexibility index (Phi) is 6.46. The number of nitrogens with zero attached hydrogens (tertiary/aromatic N) is 3. The molecule has 2 amide bonds. The average Bonchev–Trinajstić information content (AvgIpc) is 3.44. The number of aromatic nitrogens is 3. The lowest BCUT2D eigenvalue weighted by Crippen LogP contribution is -2.23. The van der Waals surface area contributed by atoms with Crippen molar-refractivity contribution < 1.29 is 35.9 Å². The number of primary amides is 1. The molecule has 0 radical (unpaired) electrons. The van der Waals surface area contributed by atoms with Gasteiger partial charge in [0.05, 0.1) is 10.7 Å². The number of fused-ring (bicyclic) bond motifs is 1. The number of halogens is 7. The fourth-order valence-corrected chi connectivity index (χ4v) is 4.85. The molecule has 1 aliphatic rings.